The van der Waals surface area contributed by atoms with Gasteiger partial charge in [-0.05, 0) is 37.0 Å². The lowest BCUT2D eigenvalue weighted by atomic mass is 10.0. The van der Waals surface area contributed by atoms with Crippen LogP contribution in [0.15, 0.2) is 28.7 Å². The summed E-state index contributed by atoms with van der Waals surface area (Å²) >= 11 is 3.37. The maximum atomic E-state index is 12.5. The summed E-state index contributed by atoms with van der Waals surface area (Å²) < 4.78 is 38.5. The molecule has 1 saturated carbocycles. The zero-order chi connectivity index (χ0) is 14.8. The molecule has 1 aliphatic carbocycles. The Labute approximate surface area is 125 Å². The predicted octanol–water partition coefficient (Wildman–Crippen LogP) is 3.87. The first-order valence-corrected chi connectivity index (χ1v) is 7.46. The summed E-state index contributed by atoms with van der Waals surface area (Å²) in [5.74, 6) is 0. The van der Waals surface area contributed by atoms with Crippen molar-refractivity contribution in [2.24, 2.45) is 5.73 Å². The lowest BCUT2D eigenvalue weighted by Gasteiger charge is -2.25. The van der Waals surface area contributed by atoms with Crippen LogP contribution in [0.5, 0.6) is 0 Å². The molecule has 0 heterocycles. The van der Waals surface area contributed by atoms with Gasteiger partial charge in [-0.2, -0.15) is 13.2 Å². The molecule has 20 heavy (non-hydrogen) atoms. The predicted molar refractivity (Wildman–Crippen MR) is 76.3 cm³/mol. The molecule has 1 aromatic rings. The molecule has 2 N–H and O–H groups in total. The van der Waals surface area contributed by atoms with Crippen LogP contribution in [0.1, 0.15) is 30.9 Å². The molecule has 0 bridgehead atoms. The molecule has 112 valence electrons. The number of alkyl halides is 3. The van der Waals surface area contributed by atoms with Gasteiger partial charge in [0.15, 0.2) is 0 Å². The minimum atomic E-state index is -4.14. The average molecular weight is 351 g/mol. The van der Waals surface area contributed by atoms with E-state index < -0.39 is 12.7 Å². The van der Waals surface area contributed by atoms with Gasteiger partial charge in [-0.15, -0.1) is 0 Å². The zero-order valence-corrected chi connectivity index (χ0v) is 12.6. The Morgan fingerprint density at radius 1 is 1.35 bits per heavy atom. The molecule has 0 aliphatic heterocycles. The third kappa shape index (κ3) is 5.07. The molecular formula is C14H18BrF3N2. The Hall–Kier alpha value is -0.590. The van der Waals surface area contributed by atoms with E-state index in [1.807, 2.05) is 24.3 Å². The first-order valence-electron chi connectivity index (χ1n) is 6.67. The van der Waals surface area contributed by atoms with E-state index in [0.29, 0.717) is 13.0 Å². The minimum Gasteiger partial charge on any atom is -0.324 e. The second-order valence-electron chi connectivity index (χ2n) is 5.27. The Bertz CT molecular complexity index is 446. The van der Waals surface area contributed by atoms with E-state index in [4.69, 9.17) is 5.73 Å². The Morgan fingerprint density at radius 2 is 2.05 bits per heavy atom. The van der Waals surface area contributed by atoms with Crippen LogP contribution >= 0.6 is 15.9 Å². The van der Waals surface area contributed by atoms with Crippen LogP contribution in [0.2, 0.25) is 0 Å². The molecular weight excluding hydrogens is 333 g/mol. The van der Waals surface area contributed by atoms with Gasteiger partial charge < -0.3 is 5.73 Å². The summed E-state index contributed by atoms with van der Waals surface area (Å²) in [6, 6.07) is 7.45. The maximum absolute atomic E-state index is 12.5. The number of nitrogens with two attached hydrogens (primary N) is 1. The highest BCUT2D eigenvalue weighted by molar-refractivity contribution is 9.10. The van der Waals surface area contributed by atoms with Crippen LogP contribution in [0, 0.1) is 0 Å². The summed E-state index contributed by atoms with van der Waals surface area (Å²) in [7, 11) is 0. The summed E-state index contributed by atoms with van der Waals surface area (Å²) in [5, 5.41) is 0. The molecule has 1 atom stereocenters. The fourth-order valence-corrected chi connectivity index (χ4v) is 2.69. The molecule has 2 nitrogen and oxygen atoms in total. The smallest absolute Gasteiger partial charge is 0.324 e. The molecule has 0 amide bonds. The zero-order valence-electron chi connectivity index (χ0n) is 11.0. The van der Waals surface area contributed by atoms with Crippen LogP contribution in [0.4, 0.5) is 13.2 Å². The van der Waals surface area contributed by atoms with E-state index in [1.54, 1.807) is 0 Å². The molecule has 0 aromatic heterocycles. The van der Waals surface area contributed by atoms with Gasteiger partial charge in [-0.3, -0.25) is 4.90 Å². The van der Waals surface area contributed by atoms with Crippen molar-refractivity contribution in [1.29, 1.82) is 0 Å². The van der Waals surface area contributed by atoms with Crippen molar-refractivity contribution < 1.29 is 13.2 Å². The Balaban J connectivity index is 1.89. The Kier molecular flexibility index (Phi) is 5.09. The summed E-state index contributed by atoms with van der Waals surface area (Å²) in [6.07, 6.45) is -1.88. The normalized spacial score (nSPS) is 17.5. The SMILES string of the molecule is NC(CCN(CC(F)(F)F)C1CC1)c1cccc(Br)c1. The van der Waals surface area contributed by atoms with Crippen LogP contribution in [0.25, 0.3) is 0 Å². The van der Waals surface area contributed by atoms with Gasteiger partial charge in [0.2, 0.25) is 0 Å². The third-order valence-electron chi connectivity index (χ3n) is 3.45. The van der Waals surface area contributed by atoms with E-state index in [0.717, 1.165) is 22.9 Å². The van der Waals surface area contributed by atoms with Crippen LogP contribution in [0.3, 0.4) is 0 Å². The van der Waals surface area contributed by atoms with E-state index in [1.165, 1.54) is 4.90 Å². The lowest BCUT2D eigenvalue weighted by Crippen LogP contribution is -2.37. The van der Waals surface area contributed by atoms with Crippen LogP contribution in [-0.2, 0) is 0 Å². The molecule has 1 unspecified atom stereocenters. The fraction of sp³-hybridized carbons (Fsp3) is 0.571. The standard InChI is InChI=1S/C14H18BrF3N2/c15-11-3-1-2-10(8-11)13(19)6-7-20(12-4-5-12)9-14(16,17)18/h1-3,8,12-13H,4-7,9,19H2. The van der Waals surface area contributed by atoms with E-state index >= 15 is 0 Å². The van der Waals surface area contributed by atoms with Gasteiger partial charge in [0.25, 0.3) is 0 Å². The highest BCUT2D eigenvalue weighted by atomic mass is 79.9. The van der Waals surface area contributed by atoms with Crippen molar-refractivity contribution in [2.75, 3.05) is 13.1 Å². The molecule has 6 heteroatoms. The van der Waals surface area contributed by atoms with Crippen molar-refractivity contribution in [3.05, 3.63) is 34.3 Å². The fourth-order valence-electron chi connectivity index (χ4n) is 2.27. The van der Waals surface area contributed by atoms with E-state index in [2.05, 4.69) is 15.9 Å². The highest BCUT2D eigenvalue weighted by Gasteiger charge is 2.37. The third-order valence-corrected chi connectivity index (χ3v) is 3.94. The van der Waals surface area contributed by atoms with Crippen LogP contribution < -0.4 is 5.73 Å². The molecule has 2 rings (SSSR count). The number of rotatable bonds is 6. The summed E-state index contributed by atoms with van der Waals surface area (Å²) in [6.45, 7) is -0.444. The van der Waals surface area contributed by atoms with Gasteiger partial charge in [-0.25, -0.2) is 0 Å². The van der Waals surface area contributed by atoms with Crippen molar-refractivity contribution in [1.82, 2.24) is 4.90 Å². The molecule has 1 aliphatic rings. The number of benzene rings is 1. The lowest BCUT2D eigenvalue weighted by molar-refractivity contribution is -0.147. The molecule has 1 aromatic carbocycles. The maximum Gasteiger partial charge on any atom is 0.401 e. The van der Waals surface area contributed by atoms with Crippen molar-refractivity contribution >= 4 is 15.9 Å². The van der Waals surface area contributed by atoms with Gasteiger partial charge in [0.1, 0.15) is 0 Å². The number of hydrogen-bond acceptors (Lipinski definition) is 2. The van der Waals surface area contributed by atoms with Crippen molar-refractivity contribution in [3.8, 4) is 0 Å². The van der Waals surface area contributed by atoms with Crippen molar-refractivity contribution in [3.63, 3.8) is 0 Å². The summed E-state index contributed by atoms with van der Waals surface area (Å²) in [4.78, 5) is 1.51. The Morgan fingerprint density at radius 3 is 2.60 bits per heavy atom. The van der Waals surface area contributed by atoms with Crippen LogP contribution in [-0.4, -0.2) is 30.2 Å². The van der Waals surface area contributed by atoms with Gasteiger partial charge in [0.05, 0.1) is 6.54 Å². The number of nitrogens with zero attached hydrogens (tertiary/aromatic N) is 1. The van der Waals surface area contributed by atoms with Gasteiger partial charge >= 0.3 is 6.18 Å². The quantitative estimate of drug-likeness (QED) is 0.843. The number of halogens is 4. The second-order valence-corrected chi connectivity index (χ2v) is 6.18. The first-order chi connectivity index (χ1) is 9.35. The molecule has 0 radical (unpaired) electrons. The molecule has 0 saturated heterocycles. The minimum absolute atomic E-state index is 0.0892. The monoisotopic (exact) mass is 350 g/mol. The van der Waals surface area contributed by atoms with E-state index in [-0.39, 0.29) is 12.1 Å². The average Bonchev–Trinajstić information content (AvgIpc) is 3.17. The van der Waals surface area contributed by atoms with E-state index in [9.17, 15) is 13.2 Å². The number of hydrogen-bond donors (Lipinski definition) is 1. The van der Waals surface area contributed by atoms with Gasteiger partial charge in [-0.1, -0.05) is 28.1 Å². The molecule has 1 fully saturated rings. The van der Waals surface area contributed by atoms with Crippen molar-refractivity contribution in [2.45, 2.75) is 37.5 Å². The molecule has 0 spiro atoms. The largest absolute Gasteiger partial charge is 0.401 e. The van der Waals surface area contributed by atoms with Gasteiger partial charge in [0, 0.05) is 23.1 Å². The second kappa shape index (κ2) is 6.45. The highest BCUT2D eigenvalue weighted by Crippen LogP contribution is 2.31. The first kappa shape index (κ1) is 15.8. The summed E-state index contributed by atoms with van der Waals surface area (Å²) in [5.41, 5.74) is 7.01. The topological polar surface area (TPSA) is 29.3 Å².